The smallest absolute Gasteiger partial charge is 0.291 e. The minimum Gasteiger partial charge on any atom is -0.451 e. The molecule has 5 heteroatoms. The first-order chi connectivity index (χ1) is 10.5. The summed E-state index contributed by atoms with van der Waals surface area (Å²) in [6, 6.07) is 9.98. The molecule has 1 aromatic heterocycles. The van der Waals surface area contributed by atoms with E-state index in [1.165, 1.54) is 18.2 Å². The maximum Gasteiger partial charge on any atom is 0.291 e. The van der Waals surface area contributed by atoms with Crippen molar-refractivity contribution in [3.63, 3.8) is 0 Å². The molecule has 2 aromatic carbocycles. The van der Waals surface area contributed by atoms with Crippen molar-refractivity contribution in [1.29, 1.82) is 0 Å². The summed E-state index contributed by atoms with van der Waals surface area (Å²) in [4.78, 5) is 12.4. The van der Waals surface area contributed by atoms with E-state index in [2.05, 4.69) is 27.9 Å². The number of carbonyl (C=O) groups is 1. The minimum atomic E-state index is -0.350. The first kappa shape index (κ1) is 15.0. The van der Waals surface area contributed by atoms with Gasteiger partial charge in [0.15, 0.2) is 5.76 Å². The van der Waals surface area contributed by atoms with E-state index in [1.807, 2.05) is 25.1 Å². The van der Waals surface area contributed by atoms with Gasteiger partial charge in [-0.05, 0) is 78.4 Å². The summed E-state index contributed by atoms with van der Waals surface area (Å²) in [6.45, 7) is 3.68. The van der Waals surface area contributed by atoms with Crippen molar-refractivity contribution in [2.75, 3.05) is 5.32 Å². The Kier molecular flexibility index (Phi) is 3.90. The fourth-order valence-electron chi connectivity index (χ4n) is 2.36. The van der Waals surface area contributed by atoms with Crippen LogP contribution in [0.5, 0.6) is 0 Å². The van der Waals surface area contributed by atoms with Gasteiger partial charge in [-0.3, -0.25) is 4.79 Å². The van der Waals surface area contributed by atoms with Gasteiger partial charge >= 0.3 is 0 Å². The average Bonchev–Trinajstić information content (AvgIpc) is 2.79. The molecule has 22 heavy (non-hydrogen) atoms. The topological polar surface area (TPSA) is 42.2 Å². The Bertz CT molecular complexity index is 886. The van der Waals surface area contributed by atoms with E-state index >= 15 is 0 Å². The number of hydrogen-bond acceptors (Lipinski definition) is 2. The van der Waals surface area contributed by atoms with Crippen LogP contribution in [0.2, 0.25) is 0 Å². The maximum absolute atomic E-state index is 13.3. The van der Waals surface area contributed by atoms with Gasteiger partial charge in [-0.25, -0.2) is 4.39 Å². The van der Waals surface area contributed by atoms with Gasteiger partial charge in [-0.15, -0.1) is 0 Å². The summed E-state index contributed by atoms with van der Waals surface area (Å²) in [5.74, 6) is -0.478. The molecule has 0 spiro atoms. The molecule has 0 aliphatic heterocycles. The number of fused-ring (bicyclic) bond motifs is 1. The van der Waals surface area contributed by atoms with E-state index in [0.717, 1.165) is 14.8 Å². The molecular weight excluding hydrogens is 396 g/mol. The SMILES string of the molecule is Cc1cc(I)ccc1NC(=O)c1oc2ccc(F)cc2c1C. The molecule has 1 N–H and O–H groups in total. The monoisotopic (exact) mass is 409 g/mol. The molecule has 0 atom stereocenters. The Balaban J connectivity index is 1.97. The quantitative estimate of drug-likeness (QED) is 0.603. The zero-order valence-electron chi connectivity index (χ0n) is 12.0. The first-order valence-electron chi connectivity index (χ1n) is 6.72. The van der Waals surface area contributed by atoms with Crippen molar-refractivity contribution in [3.05, 3.63) is 62.7 Å². The molecule has 0 unspecified atom stereocenters. The zero-order valence-corrected chi connectivity index (χ0v) is 14.2. The molecule has 3 nitrogen and oxygen atoms in total. The van der Waals surface area contributed by atoms with Crippen molar-refractivity contribution in [2.24, 2.45) is 0 Å². The minimum absolute atomic E-state index is 0.207. The third-order valence-corrected chi connectivity index (χ3v) is 4.21. The van der Waals surface area contributed by atoms with Crippen LogP contribution in [0, 0.1) is 23.2 Å². The third-order valence-electron chi connectivity index (χ3n) is 3.54. The van der Waals surface area contributed by atoms with Gasteiger partial charge < -0.3 is 9.73 Å². The number of anilines is 1. The molecule has 0 aliphatic carbocycles. The standard InChI is InChI=1S/C17H13FINO2/c1-9-7-12(19)4-5-14(9)20-17(21)16-10(2)13-8-11(18)3-6-15(13)22-16/h3-8H,1-2H3,(H,20,21). The van der Waals surface area contributed by atoms with Crippen molar-refractivity contribution in [2.45, 2.75) is 13.8 Å². The highest BCUT2D eigenvalue weighted by molar-refractivity contribution is 14.1. The van der Waals surface area contributed by atoms with E-state index in [1.54, 1.807) is 6.92 Å². The van der Waals surface area contributed by atoms with Crippen LogP contribution in [0.4, 0.5) is 10.1 Å². The van der Waals surface area contributed by atoms with Gasteiger partial charge in [-0.1, -0.05) is 0 Å². The second kappa shape index (κ2) is 5.72. The first-order valence-corrected chi connectivity index (χ1v) is 7.80. The number of benzene rings is 2. The Hall–Kier alpha value is -1.89. The van der Waals surface area contributed by atoms with Gasteiger partial charge in [0.1, 0.15) is 11.4 Å². The molecular formula is C17H13FINO2. The molecule has 0 aliphatic rings. The molecule has 0 saturated carbocycles. The van der Waals surface area contributed by atoms with Crippen LogP contribution in [0.3, 0.4) is 0 Å². The average molecular weight is 409 g/mol. The van der Waals surface area contributed by atoms with Crippen molar-refractivity contribution < 1.29 is 13.6 Å². The van der Waals surface area contributed by atoms with Gasteiger partial charge in [0.25, 0.3) is 5.91 Å². The molecule has 3 rings (SSSR count). The summed E-state index contributed by atoms with van der Waals surface area (Å²) >= 11 is 2.22. The number of nitrogens with one attached hydrogen (secondary N) is 1. The lowest BCUT2D eigenvalue weighted by Gasteiger charge is -2.07. The van der Waals surface area contributed by atoms with Crippen LogP contribution in [-0.2, 0) is 0 Å². The highest BCUT2D eigenvalue weighted by Crippen LogP contribution is 2.27. The molecule has 3 aromatic rings. The Morgan fingerprint density at radius 1 is 1.18 bits per heavy atom. The Morgan fingerprint density at radius 3 is 2.68 bits per heavy atom. The predicted octanol–water partition coefficient (Wildman–Crippen LogP) is 5.05. The lowest BCUT2D eigenvalue weighted by atomic mass is 10.1. The summed E-state index contributed by atoms with van der Waals surface area (Å²) < 4.78 is 20.0. The largest absolute Gasteiger partial charge is 0.451 e. The maximum atomic E-state index is 13.3. The number of aryl methyl sites for hydroxylation is 2. The van der Waals surface area contributed by atoms with Crippen LogP contribution in [0.1, 0.15) is 21.7 Å². The van der Waals surface area contributed by atoms with Gasteiger partial charge in [-0.2, -0.15) is 0 Å². The summed E-state index contributed by atoms with van der Waals surface area (Å²) in [6.07, 6.45) is 0. The number of furan rings is 1. The fourth-order valence-corrected chi connectivity index (χ4v) is 3.00. The van der Waals surface area contributed by atoms with E-state index in [4.69, 9.17) is 4.42 Å². The highest BCUT2D eigenvalue weighted by atomic mass is 127. The van der Waals surface area contributed by atoms with E-state index < -0.39 is 0 Å². The summed E-state index contributed by atoms with van der Waals surface area (Å²) in [5, 5.41) is 3.46. The van der Waals surface area contributed by atoms with Crippen molar-refractivity contribution >= 4 is 45.2 Å². The van der Waals surface area contributed by atoms with Gasteiger partial charge in [0.2, 0.25) is 0 Å². The van der Waals surface area contributed by atoms with Gasteiger partial charge in [0, 0.05) is 20.2 Å². The van der Waals surface area contributed by atoms with Crippen LogP contribution in [0.15, 0.2) is 40.8 Å². The molecule has 1 heterocycles. The number of halogens is 2. The second-order valence-corrected chi connectivity index (χ2v) is 6.36. The molecule has 0 radical (unpaired) electrons. The predicted molar refractivity (Wildman–Crippen MR) is 92.8 cm³/mol. The normalized spacial score (nSPS) is 10.9. The number of hydrogen-bond donors (Lipinski definition) is 1. The Morgan fingerprint density at radius 2 is 1.95 bits per heavy atom. The van der Waals surface area contributed by atoms with Crippen molar-refractivity contribution in [1.82, 2.24) is 0 Å². The van der Waals surface area contributed by atoms with Crippen LogP contribution < -0.4 is 5.32 Å². The molecule has 0 fully saturated rings. The highest BCUT2D eigenvalue weighted by Gasteiger charge is 2.18. The number of amides is 1. The molecule has 1 amide bonds. The third kappa shape index (κ3) is 2.72. The van der Waals surface area contributed by atoms with Crippen LogP contribution >= 0.6 is 22.6 Å². The Labute approximate surface area is 140 Å². The molecule has 112 valence electrons. The van der Waals surface area contributed by atoms with E-state index in [0.29, 0.717) is 16.5 Å². The lowest BCUT2D eigenvalue weighted by Crippen LogP contribution is -2.13. The van der Waals surface area contributed by atoms with Crippen molar-refractivity contribution in [3.8, 4) is 0 Å². The number of rotatable bonds is 2. The lowest BCUT2D eigenvalue weighted by molar-refractivity contribution is 0.0998. The summed E-state index contributed by atoms with van der Waals surface area (Å²) in [7, 11) is 0. The van der Waals surface area contributed by atoms with Gasteiger partial charge in [0.05, 0.1) is 0 Å². The second-order valence-electron chi connectivity index (χ2n) is 5.11. The summed E-state index contributed by atoms with van der Waals surface area (Å²) in [5.41, 5.74) is 2.84. The van der Waals surface area contributed by atoms with Crippen LogP contribution in [0.25, 0.3) is 11.0 Å². The number of carbonyl (C=O) groups excluding carboxylic acids is 1. The van der Waals surface area contributed by atoms with Crippen LogP contribution in [-0.4, -0.2) is 5.91 Å². The van der Waals surface area contributed by atoms with E-state index in [-0.39, 0.29) is 17.5 Å². The molecule has 0 saturated heterocycles. The molecule has 0 bridgehead atoms. The van der Waals surface area contributed by atoms with E-state index in [9.17, 15) is 9.18 Å². The zero-order chi connectivity index (χ0) is 15.9. The fraction of sp³-hybridized carbons (Fsp3) is 0.118.